The lowest BCUT2D eigenvalue weighted by atomic mass is 9.81. The van der Waals surface area contributed by atoms with Gasteiger partial charge in [-0.05, 0) is 30.3 Å². The first-order valence-electron chi connectivity index (χ1n) is 10.1. The van der Waals surface area contributed by atoms with Gasteiger partial charge in [-0.1, -0.05) is 84.4 Å². The number of allylic oxidation sites excluding steroid dienone is 4. The van der Waals surface area contributed by atoms with Crippen molar-refractivity contribution in [1.82, 2.24) is 0 Å². The number of Topliss-reactive ketones (excluding diaryl/α,β-unsaturated/α-hetero) is 1. The summed E-state index contributed by atoms with van der Waals surface area (Å²) in [4.78, 5) is 24.0. The van der Waals surface area contributed by atoms with Crippen molar-refractivity contribution in [2.75, 3.05) is 0 Å². The van der Waals surface area contributed by atoms with E-state index < -0.39 is 5.41 Å². The van der Waals surface area contributed by atoms with E-state index in [1.165, 1.54) is 6.08 Å². The molecule has 0 saturated heterocycles. The Labute approximate surface area is 197 Å². The maximum Gasteiger partial charge on any atom is 0.193 e. The smallest absolute Gasteiger partial charge is 0.193 e. The van der Waals surface area contributed by atoms with E-state index >= 15 is 0 Å². The van der Waals surface area contributed by atoms with Crippen LogP contribution in [0, 0.1) is 28.1 Å². The number of nitriles is 2. The lowest BCUT2D eigenvalue weighted by Crippen LogP contribution is -2.16. The van der Waals surface area contributed by atoms with Crippen molar-refractivity contribution in [1.29, 1.82) is 10.5 Å². The fraction of sp³-hybridized carbons (Fsp3) is 0.0714. The summed E-state index contributed by atoms with van der Waals surface area (Å²) in [5, 5.41) is 18.5. The Balaban J connectivity index is 0.000000189. The van der Waals surface area contributed by atoms with E-state index in [1.54, 1.807) is 72.8 Å². The molecule has 0 saturated carbocycles. The van der Waals surface area contributed by atoms with Gasteiger partial charge in [-0.15, -0.1) is 0 Å². The molecule has 0 bridgehead atoms. The number of hydrogen-bond acceptors (Lipinski definition) is 4. The predicted octanol–water partition coefficient (Wildman–Crippen LogP) is 6.36. The van der Waals surface area contributed by atoms with Crippen LogP contribution in [0.15, 0.2) is 109 Å². The Hall–Kier alpha value is -4.25. The molecule has 1 aliphatic carbocycles. The maximum absolute atomic E-state index is 12.1. The van der Waals surface area contributed by atoms with E-state index in [1.807, 2.05) is 36.4 Å². The van der Waals surface area contributed by atoms with Crippen molar-refractivity contribution in [3.8, 4) is 12.1 Å². The zero-order chi connectivity index (χ0) is 23.7. The van der Waals surface area contributed by atoms with Crippen molar-refractivity contribution >= 4 is 23.2 Å². The minimum atomic E-state index is -1.12. The monoisotopic (exact) mass is 450 g/mol. The van der Waals surface area contributed by atoms with Crippen molar-refractivity contribution in [3.05, 3.63) is 130 Å². The number of hydrogen-bond donors (Lipinski definition) is 0. The van der Waals surface area contributed by atoms with Gasteiger partial charge in [0.25, 0.3) is 0 Å². The van der Waals surface area contributed by atoms with E-state index in [9.17, 15) is 9.59 Å². The molecule has 160 valence electrons. The summed E-state index contributed by atoms with van der Waals surface area (Å²) in [5.41, 5.74) is 1.36. The van der Waals surface area contributed by atoms with E-state index in [2.05, 4.69) is 0 Å². The minimum Gasteiger partial charge on any atom is -0.289 e. The average molecular weight is 451 g/mol. The highest BCUT2D eigenvalue weighted by Gasteiger charge is 2.29. The number of carbonyl (C=O) groups excluding carboxylic acids is 2. The standard InChI is InChI=1S/C15H10N2O.C13H9ClO/c16-10-15(11-17)8-6-13(7-9-15)14(18)12-4-2-1-3-5-12;14-12-8-6-11(7-9-12)13(15)10-4-2-1-3-5-10/h1-8H,9H2;1-9H. The highest BCUT2D eigenvalue weighted by molar-refractivity contribution is 6.30. The molecule has 5 heteroatoms. The Morgan fingerprint density at radius 1 is 0.727 bits per heavy atom. The number of nitrogens with zero attached hydrogens (tertiary/aromatic N) is 2. The van der Waals surface area contributed by atoms with Gasteiger partial charge >= 0.3 is 0 Å². The third-order valence-corrected chi connectivity index (χ3v) is 5.28. The van der Waals surface area contributed by atoms with Gasteiger partial charge in [-0.25, -0.2) is 0 Å². The highest BCUT2D eigenvalue weighted by Crippen LogP contribution is 2.29. The van der Waals surface area contributed by atoms with Gasteiger partial charge in [0, 0.05) is 33.7 Å². The molecule has 0 atom stereocenters. The lowest BCUT2D eigenvalue weighted by Gasteiger charge is -2.16. The number of benzene rings is 3. The summed E-state index contributed by atoms with van der Waals surface area (Å²) in [6, 6.07) is 29.0. The molecule has 0 unspecified atom stereocenters. The van der Waals surface area contributed by atoms with Crippen LogP contribution in [0.4, 0.5) is 0 Å². The second-order valence-corrected chi connectivity index (χ2v) is 7.73. The fourth-order valence-corrected chi connectivity index (χ4v) is 3.24. The van der Waals surface area contributed by atoms with Gasteiger partial charge in [0.05, 0.1) is 12.1 Å². The first-order chi connectivity index (χ1) is 16.0. The van der Waals surface area contributed by atoms with Gasteiger partial charge in [0.1, 0.15) is 0 Å². The summed E-state index contributed by atoms with van der Waals surface area (Å²) < 4.78 is 0. The first-order valence-corrected chi connectivity index (χ1v) is 10.5. The van der Waals surface area contributed by atoms with Crippen LogP contribution in [-0.4, -0.2) is 11.6 Å². The molecule has 0 aromatic heterocycles. The van der Waals surface area contributed by atoms with Crippen LogP contribution < -0.4 is 0 Å². The third-order valence-electron chi connectivity index (χ3n) is 5.03. The molecule has 0 aliphatic heterocycles. The van der Waals surface area contributed by atoms with Crippen molar-refractivity contribution in [3.63, 3.8) is 0 Å². The van der Waals surface area contributed by atoms with Crippen LogP contribution in [0.3, 0.4) is 0 Å². The summed E-state index contributed by atoms with van der Waals surface area (Å²) in [7, 11) is 0. The van der Waals surface area contributed by atoms with E-state index in [-0.39, 0.29) is 18.0 Å². The predicted molar refractivity (Wildman–Crippen MR) is 128 cm³/mol. The van der Waals surface area contributed by atoms with Crippen molar-refractivity contribution in [2.24, 2.45) is 5.41 Å². The van der Waals surface area contributed by atoms with Crippen LogP contribution >= 0.6 is 11.6 Å². The topological polar surface area (TPSA) is 81.7 Å². The normalized spacial score (nSPS) is 13.4. The second-order valence-electron chi connectivity index (χ2n) is 7.29. The van der Waals surface area contributed by atoms with Crippen LogP contribution in [0.2, 0.25) is 5.02 Å². The molecule has 1 aliphatic rings. The minimum absolute atomic E-state index is 0.0206. The molecule has 3 aromatic carbocycles. The molecule has 0 spiro atoms. The Kier molecular flexibility index (Phi) is 7.71. The fourth-order valence-electron chi connectivity index (χ4n) is 3.11. The van der Waals surface area contributed by atoms with Crippen LogP contribution in [0.25, 0.3) is 0 Å². The quantitative estimate of drug-likeness (QED) is 0.433. The van der Waals surface area contributed by atoms with E-state index in [0.717, 1.165) is 0 Å². The van der Waals surface area contributed by atoms with Gasteiger partial charge in [0.2, 0.25) is 0 Å². The molecule has 3 aromatic rings. The van der Waals surface area contributed by atoms with Crippen LogP contribution in [0.1, 0.15) is 32.7 Å². The highest BCUT2D eigenvalue weighted by atomic mass is 35.5. The molecule has 4 rings (SSSR count). The molecule has 0 radical (unpaired) electrons. The molecule has 0 fully saturated rings. The lowest BCUT2D eigenvalue weighted by molar-refractivity contribution is 0.103. The molecular formula is C28H19ClN2O2. The number of ketones is 2. The first kappa shape index (κ1) is 23.4. The number of halogens is 1. The SMILES string of the molecule is N#CC1(C#N)C=CC(C(=O)c2ccccc2)=CC1.O=C(c1ccccc1)c1ccc(Cl)cc1. The van der Waals surface area contributed by atoms with Gasteiger partial charge < -0.3 is 0 Å². The Morgan fingerprint density at radius 2 is 1.21 bits per heavy atom. The molecule has 0 heterocycles. The zero-order valence-electron chi connectivity index (χ0n) is 17.6. The molecule has 0 N–H and O–H groups in total. The molecular weight excluding hydrogens is 432 g/mol. The third kappa shape index (κ3) is 5.92. The zero-order valence-corrected chi connectivity index (χ0v) is 18.4. The van der Waals surface area contributed by atoms with Crippen molar-refractivity contribution in [2.45, 2.75) is 6.42 Å². The van der Waals surface area contributed by atoms with E-state index in [4.69, 9.17) is 22.1 Å². The summed E-state index contributed by atoms with van der Waals surface area (Å²) in [5.74, 6) is -0.0661. The Morgan fingerprint density at radius 3 is 1.67 bits per heavy atom. The van der Waals surface area contributed by atoms with Crippen LogP contribution in [0.5, 0.6) is 0 Å². The van der Waals surface area contributed by atoms with Crippen LogP contribution in [-0.2, 0) is 0 Å². The van der Waals surface area contributed by atoms with E-state index in [0.29, 0.717) is 27.3 Å². The van der Waals surface area contributed by atoms with Gasteiger partial charge in [-0.3, -0.25) is 9.59 Å². The Bertz CT molecular complexity index is 1270. The summed E-state index contributed by atoms with van der Waals surface area (Å²) >= 11 is 5.75. The largest absolute Gasteiger partial charge is 0.289 e. The number of carbonyl (C=O) groups is 2. The van der Waals surface area contributed by atoms with Gasteiger partial charge in [-0.2, -0.15) is 10.5 Å². The molecule has 4 nitrogen and oxygen atoms in total. The molecule has 33 heavy (non-hydrogen) atoms. The molecule has 0 amide bonds. The maximum atomic E-state index is 12.1. The average Bonchev–Trinajstić information content (AvgIpc) is 2.90. The van der Waals surface area contributed by atoms with Gasteiger partial charge in [0.15, 0.2) is 17.0 Å². The number of rotatable bonds is 4. The second kappa shape index (κ2) is 10.9. The summed E-state index contributed by atoms with van der Waals surface area (Å²) in [6.07, 6.45) is 4.97. The summed E-state index contributed by atoms with van der Waals surface area (Å²) in [6.45, 7) is 0. The van der Waals surface area contributed by atoms with Crippen molar-refractivity contribution < 1.29 is 9.59 Å².